The van der Waals surface area contributed by atoms with Gasteiger partial charge in [-0.25, -0.2) is 9.97 Å². The largest absolute Gasteiger partial charge is 0.573 e. The van der Waals surface area contributed by atoms with E-state index in [0.717, 1.165) is 18.5 Å². The summed E-state index contributed by atoms with van der Waals surface area (Å²) in [5, 5.41) is 0. The monoisotopic (exact) mass is 283 g/mol. The fourth-order valence-corrected chi connectivity index (χ4v) is 1.48. The summed E-state index contributed by atoms with van der Waals surface area (Å²) in [6, 6.07) is 6.41. The van der Waals surface area contributed by atoms with Gasteiger partial charge in [-0.05, 0) is 30.3 Å². The van der Waals surface area contributed by atoms with Gasteiger partial charge in [0.1, 0.15) is 17.8 Å². The second-order valence-corrected chi connectivity index (χ2v) is 3.72. The molecule has 0 unspecified atom stereocenters. The zero-order chi connectivity index (χ0) is 14.8. The van der Waals surface area contributed by atoms with Crippen molar-refractivity contribution < 1.29 is 22.7 Å². The van der Waals surface area contributed by atoms with E-state index < -0.39 is 12.3 Å². The van der Waals surface area contributed by atoms with Crippen molar-refractivity contribution in [2.24, 2.45) is 5.73 Å². The van der Waals surface area contributed by atoms with E-state index in [2.05, 4.69) is 14.7 Å². The lowest BCUT2D eigenvalue weighted by atomic mass is 10.1. The molecule has 8 heteroatoms. The van der Waals surface area contributed by atoms with Gasteiger partial charge in [-0.2, -0.15) is 0 Å². The molecule has 1 aromatic heterocycles. The van der Waals surface area contributed by atoms with Gasteiger partial charge >= 0.3 is 6.36 Å². The Morgan fingerprint density at radius 1 is 1.15 bits per heavy atom. The first-order valence-electron chi connectivity index (χ1n) is 5.33. The summed E-state index contributed by atoms with van der Waals surface area (Å²) in [5.74, 6) is -1.06. The number of aromatic nitrogens is 2. The van der Waals surface area contributed by atoms with Crippen LogP contribution in [-0.2, 0) is 0 Å². The first-order chi connectivity index (χ1) is 9.35. The molecule has 0 atom stereocenters. The van der Waals surface area contributed by atoms with Crippen LogP contribution in [0.3, 0.4) is 0 Å². The van der Waals surface area contributed by atoms with Crippen LogP contribution in [0, 0.1) is 0 Å². The quantitative estimate of drug-likeness (QED) is 0.936. The van der Waals surface area contributed by atoms with Crippen molar-refractivity contribution in [3.05, 3.63) is 42.4 Å². The fourth-order valence-electron chi connectivity index (χ4n) is 1.48. The molecule has 2 aromatic rings. The second-order valence-electron chi connectivity index (χ2n) is 3.72. The van der Waals surface area contributed by atoms with Crippen LogP contribution in [0.2, 0.25) is 0 Å². The van der Waals surface area contributed by atoms with Gasteiger partial charge in [0, 0.05) is 5.56 Å². The Morgan fingerprint density at radius 2 is 1.80 bits per heavy atom. The van der Waals surface area contributed by atoms with Crippen LogP contribution in [0.5, 0.6) is 5.75 Å². The van der Waals surface area contributed by atoms with Gasteiger partial charge in [-0.3, -0.25) is 4.79 Å². The van der Waals surface area contributed by atoms with Gasteiger partial charge in [0.25, 0.3) is 5.91 Å². The Morgan fingerprint density at radius 3 is 2.35 bits per heavy atom. The summed E-state index contributed by atoms with van der Waals surface area (Å²) in [6.45, 7) is 0. The Bertz CT molecular complexity index is 627. The highest BCUT2D eigenvalue weighted by Crippen LogP contribution is 2.25. The molecule has 1 amide bonds. The van der Waals surface area contributed by atoms with Gasteiger partial charge < -0.3 is 10.5 Å². The third kappa shape index (κ3) is 3.44. The van der Waals surface area contributed by atoms with E-state index in [1.54, 1.807) is 0 Å². The Labute approximate surface area is 111 Å². The predicted octanol–water partition coefficient (Wildman–Crippen LogP) is 2.14. The number of ether oxygens (including phenoxy) is 1. The lowest BCUT2D eigenvalue weighted by molar-refractivity contribution is -0.274. The topological polar surface area (TPSA) is 78.1 Å². The molecule has 0 fully saturated rings. The van der Waals surface area contributed by atoms with E-state index in [1.807, 2.05) is 0 Å². The zero-order valence-corrected chi connectivity index (χ0v) is 9.89. The molecule has 0 saturated heterocycles. The number of rotatable bonds is 3. The Balaban J connectivity index is 2.26. The normalized spacial score (nSPS) is 11.2. The van der Waals surface area contributed by atoms with Crippen molar-refractivity contribution in [3.8, 4) is 17.0 Å². The number of carbonyl (C=O) groups excluding carboxylic acids is 1. The van der Waals surface area contributed by atoms with Crippen LogP contribution in [0.4, 0.5) is 13.2 Å². The molecule has 0 radical (unpaired) electrons. The molecular formula is C12H8F3N3O2. The van der Waals surface area contributed by atoms with Gasteiger partial charge in [0.15, 0.2) is 0 Å². The van der Waals surface area contributed by atoms with Crippen LogP contribution < -0.4 is 10.5 Å². The molecule has 0 aliphatic heterocycles. The number of primary amides is 1. The summed E-state index contributed by atoms with van der Waals surface area (Å²) in [4.78, 5) is 18.6. The van der Waals surface area contributed by atoms with Crippen LogP contribution in [0.15, 0.2) is 36.7 Å². The highest BCUT2D eigenvalue weighted by atomic mass is 19.4. The number of amides is 1. The summed E-state index contributed by atoms with van der Waals surface area (Å²) in [5.41, 5.74) is 5.97. The number of benzene rings is 1. The van der Waals surface area contributed by atoms with Crippen LogP contribution in [0.25, 0.3) is 11.3 Å². The molecule has 2 N–H and O–H groups in total. The SMILES string of the molecule is NC(=O)c1cc(-c2ccc(OC(F)(F)F)cc2)ncn1. The molecule has 5 nitrogen and oxygen atoms in total. The predicted molar refractivity (Wildman–Crippen MR) is 62.7 cm³/mol. The maximum absolute atomic E-state index is 12.0. The summed E-state index contributed by atoms with van der Waals surface area (Å²) in [7, 11) is 0. The first-order valence-corrected chi connectivity index (χ1v) is 5.33. The Kier molecular flexibility index (Phi) is 3.55. The maximum Gasteiger partial charge on any atom is 0.573 e. The van der Waals surface area contributed by atoms with Crippen molar-refractivity contribution in [3.63, 3.8) is 0 Å². The average Bonchev–Trinajstić information content (AvgIpc) is 2.38. The summed E-state index contributed by atoms with van der Waals surface area (Å²) >= 11 is 0. The molecule has 0 aliphatic rings. The molecule has 104 valence electrons. The molecular weight excluding hydrogens is 275 g/mol. The zero-order valence-electron chi connectivity index (χ0n) is 9.89. The average molecular weight is 283 g/mol. The van der Waals surface area contributed by atoms with E-state index in [-0.39, 0.29) is 11.4 Å². The third-order valence-corrected chi connectivity index (χ3v) is 2.30. The van der Waals surface area contributed by atoms with E-state index in [1.165, 1.54) is 18.2 Å². The van der Waals surface area contributed by atoms with E-state index >= 15 is 0 Å². The smallest absolute Gasteiger partial charge is 0.406 e. The van der Waals surface area contributed by atoms with Crippen molar-refractivity contribution in [2.45, 2.75) is 6.36 Å². The highest BCUT2D eigenvalue weighted by molar-refractivity contribution is 5.91. The first kappa shape index (κ1) is 13.8. The highest BCUT2D eigenvalue weighted by Gasteiger charge is 2.30. The summed E-state index contributed by atoms with van der Waals surface area (Å²) < 4.78 is 39.8. The van der Waals surface area contributed by atoms with Crippen molar-refractivity contribution in [1.29, 1.82) is 0 Å². The van der Waals surface area contributed by atoms with Crippen molar-refractivity contribution in [1.82, 2.24) is 9.97 Å². The van der Waals surface area contributed by atoms with Crippen LogP contribution in [-0.4, -0.2) is 22.2 Å². The molecule has 0 bridgehead atoms. The van der Waals surface area contributed by atoms with Crippen molar-refractivity contribution >= 4 is 5.91 Å². The van der Waals surface area contributed by atoms with Crippen LogP contribution >= 0.6 is 0 Å². The number of nitrogens with zero attached hydrogens (tertiary/aromatic N) is 2. The van der Waals surface area contributed by atoms with Gasteiger partial charge in [0.2, 0.25) is 0 Å². The van der Waals surface area contributed by atoms with Gasteiger partial charge in [-0.1, -0.05) is 0 Å². The van der Waals surface area contributed by atoms with Gasteiger partial charge in [0.05, 0.1) is 5.69 Å². The molecule has 0 aliphatic carbocycles. The standard InChI is InChI=1S/C12H8F3N3O2/c13-12(14,15)20-8-3-1-7(2-4-8)9-5-10(11(16)19)18-6-17-9/h1-6H,(H2,16,19). The van der Waals surface area contributed by atoms with Crippen LogP contribution in [0.1, 0.15) is 10.5 Å². The third-order valence-electron chi connectivity index (χ3n) is 2.30. The number of halogens is 3. The van der Waals surface area contributed by atoms with Gasteiger partial charge in [-0.15, -0.1) is 13.2 Å². The van der Waals surface area contributed by atoms with E-state index in [0.29, 0.717) is 11.3 Å². The number of hydrogen-bond acceptors (Lipinski definition) is 4. The molecule has 0 spiro atoms. The van der Waals surface area contributed by atoms with E-state index in [9.17, 15) is 18.0 Å². The number of nitrogens with two attached hydrogens (primary N) is 1. The van der Waals surface area contributed by atoms with Crippen molar-refractivity contribution in [2.75, 3.05) is 0 Å². The molecule has 2 rings (SSSR count). The number of hydrogen-bond donors (Lipinski definition) is 1. The molecule has 1 aromatic carbocycles. The minimum atomic E-state index is -4.74. The number of carbonyl (C=O) groups is 1. The molecule has 1 heterocycles. The lowest BCUT2D eigenvalue weighted by Gasteiger charge is -2.09. The fraction of sp³-hybridized carbons (Fsp3) is 0.0833. The molecule has 20 heavy (non-hydrogen) atoms. The molecule has 0 saturated carbocycles. The number of alkyl halides is 3. The maximum atomic E-state index is 12.0. The Hall–Kier alpha value is -2.64. The lowest BCUT2D eigenvalue weighted by Crippen LogP contribution is -2.17. The van der Waals surface area contributed by atoms with E-state index in [4.69, 9.17) is 5.73 Å². The minimum Gasteiger partial charge on any atom is -0.406 e. The summed E-state index contributed by atoms with van der Waals surface area (Å²) in [6.07, 6.45) is -3.59. The second kappa shape index (κ2) is 5.16. The minimum absolute atomic E-state index is 0.0191.